The number of thiophene rings is 1. The van der Waals surface area contributed by atoms with E-state index in [1.54, 1.807) is 18.3 Å². The SMILES string of the molecule is Cc1ccc2c(C(=O)NCC(O)CNC(=O)c3ccc[nH]3)csc2c1. The summed E-state index contributed by atoms with van der Waals surface area (Å²) in [5.41, 5.74) is 2.17. The number of rotatable bonds is 6. The number of aromatic amines is 1. The van der Waals surface area contributed by atoms with E-state index in [0.29, 0.717) is 11.3 Å². The lowest BCUT2D eigenvalue weighted by molar-refractivity contribution is 0.0883. The molecule has 0 aliphatic heterocycles. The van der Waals surface area contributed by atoms with Gasteiger partial charge in [-0.15, -0.1) is 11.3 Å². The fraction of sp³-hybridized carbons (Fsp3) is 0.222. The molecule has 0 fully saturated rings. The van der Waals surface area contributed by atoms with Crippen LogP contribution in [0.5, 0.6) is 0 Å². The molecule has 0 bridgehead atoms. The Kier molecular flexibility index (Phi) is 5.16. The summed E-state index contributed by atoms with van der Waals surface area (Å²) >= 11 is 1.52. The maximum Gasteiger partial charge on any atom is 0.267 e. The first-order valence-electron chi connectivity index (χ1n) is 7.90. The van der Waals surface area contributed by atoms with Crippen LogP contribution in [-0.2, 0) is 0 Å². The van der Waals surface area contributed by atoms with E-state index in [1.807, 2.05) is 30.5 Å². The van der Waals surface area contributed by atoms with E-state index in [1.165, 1.54) is 11.3 Å². The van der Waals surface area contributed by atoms with Crippen molar-refractivity contribution in [2.75, 3.05) is 13.1 Å². The molecular formula is C18H19N3O3S. The number of hydrogen-bond acceptors (Lipinski definition) is 4. The molecule has 0 aliphatic carbocycles. The number of fused-ring (bicyclic) bond motifs is 1. The normalized spacial score (nSPS) is 12.1. The zero-order valence-electron chi connectivity index (χ0n) is 13.7. The van der Waals surface area contributed by atoms with Gasteiger partial charge in [0, 0.05) is 34.8 Å². The van der Waals surface area contributed by atoms with Crippen molar-refractivity contribution in [2.45, 2.75) is 13.0 Å². The molecule has 2 aromatic heterocycles. The van der Waals surface area contributed by atoms with E-state index in [9.17, 15) is 14.7 Å². The average Bonchev–Trinajstić information content (AvgIpc) is 3.26. The summed E-state index contributed by atoms with van der Waals surface area (Å²) in [5.74, 6) is -0.528. The van der Waals surface area contributed by atoms with Crippen molar-refractivity contribution in [3.8, 4) is 0 Å². The average molecular weight is 357 g/mol. The molecule has 4 N–H and O–H groups in total. The molecule has 1 atom stereocenters. The molecule has 2 heterocycles. The van der Waals surface area contributed by atoms with Crippen LogP contribution < -0.4 is 10.6 Å². The molecule has 130 valence electrons. The summed E-state index contributed by atoms with van der Waals surface area (Å²) in [6, 6.07) is 9.31. The van der Waals surface area contributed by atoms with Crippen LogP contribution in [0.15, 0.2) is 41.9 Å². The number of H-pyrrole nitrogens is 1. The molecule has 2 amide bonds. The van der Waals surface area contributed by atoms with Gasteiger partial charge < -0.3 is 20.7 Å². The Morgan fingerprint density at radius 1 is 1.20 bits per heavy atom. The van der Waals surface area contributed by atoms with Crippen LogP contribution in [0.4, 0.5) is 0 Å². The standard InChI is InChI=1S/C18H19N3O3S/c1-11-4-5-13-14(10-25-16(13)7-11)17(23)20-8-12(22)9-21-18(24)15-3-2-6-19-15/h2-7,10,12,19,22H,8-9H2,1H3,(H,20,23)(H,21,24). The van der Waals surface area contributed by atoms with Crippen molar-refractivity contribution in [3.05, 3.63) is 58.7 Å². The largest absolute Gasteiger partial charge is 0.389 e. The van der Waals surface area contributed by atoms with Gasteiger partial charge in [0.25, 0.3) is 11.8 Å². The Bertz CT molecular complexity index is 886. The summed E-state index contributed by atoms with van der Waals surface area (Å²) in [4.78, 5) is 26.9. The van der Waals surface area contributed by atoms with E-state index in [-0.39, 0.29) is 24.9 Å². The third-order valence-electron chi connectivity index (χ3n) is 3.81. The maximum atomic E-state index is 12.3. The van der Waals surface area contributed by atoms with Gasteiger partial charge in [0.1, 0.15) is 5.69 Å². The van der Waals surface area contributed by atoms with Crippen molar-refractivity contribution < 1.29 is 14.7 Å². The number of nitrogens with one attached hydrogen (secondary N) is 3. The lowest BCUT2D eigenvalue weighted by Gasteiger charge is -2.12. The second-order valence-electron chi connectivity index (χ2n) is 5.81. The molecule has 25 heavy (non-hydrogen) atoms. The Balaban J connectivity index is 1.52. The first-order valence-corrected chi connectivity index (χ1v) is 8.78. The number of carbonyl (C=O) groups excluding carboxylic acids is 2. The minimum atomic E-state index is -0.866. The van der Waals surface area contributed by atoms with Crippen molar-refractivity contribution in [1.29, 1.82) is 0 Å². The number of carbonyl (C=O) groups is 2. The van der Waals surface area contributed by atoms with Gasteiger partial charge in [-0.3, -0.25) is 9.59 Å². The molecule has 0 saturated carbocycles. The molecule has 0 saturated heterocycles. The Morgan fingerprint density at radius 3 is 2.68 bits per heavy atom. The Morgan fingerprint density at radius 2 is 1.96 bits per heavy atom. The van der Waals surface area contributed by atoms with Crippen LogP contribution >= 0.6 is 11.3 Å². The Hall–Kier alpha value is -2.64. The van der Waals surface area contributed by atoms with Gasteiger partial charge >= 0.3 is 0 Å². The van der Waals surface area contributed by atoms with Crippen LogP contribution in [0, 0.1) is 6.92 Å². The molecule has 3 rings (SSSR count). The zero-order chi connectivity index (χ0) is 17.8. The zero-order valence-corrected chi connectivity index (χ0v) is 14.5. The quantitative estimate of drug-likeness (QED) is 0.544. The molecular weight excluding hydrogens is 338 g/mol. The van der Waals surface area contributed by atoms with E-state index in [4.69, 9.17) is 0 Å². The van der Waals surface area contributed by atoms with E-state index in [2.05, 4.69) is 15.6 Å². The van der Waals surface area contributed by atoms with Gasteiger partial charge in [0.05, 0.1) is 11.7 Å². The number of aliphatic hydroxyl groups is 1. The topological polar surface area (TPSA) is 94.2 Å². The van der Waals surface area contributed by atoms with E-state index < -0.39 is 6.10 Å². The van der Waals surface area contributed by atoms with Gasteiger partial charge in [-0.05, 0) is 30.7 Å². The number of hydrogen-bond donors (Lipinski definition) is 4. The van der Waals surface area contributed by atoms with Gasteiger partial charge in [-0.2, -0.15) is 0 Å². The highest BCUT2D eigenvalue weighted by Gasteiger charge is 2.14. The molecule has 0 radical (unpaired) electrons. The number of aryl methyl sites for hydroxylation is 1. The first-order chi connectivity index (χ1) is 12.0. The van der Waals surface area contributed by atoms with Crippen molar-refractivity contribution in [2.24, 2.45) is 0 Å². The first kappa shape index (κ1) is 17.2. The number of benzene rings is 1. The summed E-state index contributed by atoms with van der Waals surface area (Å²) < 4.78 is 1.06. The summed E-state index contributed by atoms with van der Waals surface area (Å²) in [6.07, 6.45) is 0.785. The van der Waals surface area contributed by atoms with Gasteiger partial charge in [0.2, 0.25) is 0 Å². The van der Waals surface area contributed by atoms with Crippen LogP contribution in [-0.4, -0.2) is 41.1 Å². The molecule has 1 unspecified atom stereocenters. The highest BCUT2D eigenvalue weighted by atomic mass is 32.1. The minimum absolute atomic E-state index is 0.0573. The van der Waals surface area contributed by atoms with Gasteiger partial charge in [-0.1, -0.05) is 12.1 Å². The Labute approximate surface area is 148 Å². The second kappa shape index (κ2) is 7.50. The molecule has 0 aliphatic rings. The van der Waals surface area contributed by atoms with Crippen LogP contribution in [0.3, 0.4) is 0 Å². The van der Waals surface area contributed by atoms with Crippen molar-refractivity contribution in [3.63, 3.8) is 0 Å². The predicted molar refractivity (Wildman–Crippen MR) is 98.0 cm³/mol. The van der Waals surface area contributed by atoms with Crippen molar-refractivity contribution >= 4 is 33.2 Å². The molecule has 6 nitrogen and oxygen atoms in total. The minimum Gasteiger partial charge on any atom is -0.389 e. The smallest absolute Gasteiger partial charge is 0.267 e. The van der Waals surface area contributed by atoms with E-state index in [0.717, 1.165) is 15.6 Å². The monoisotopic (exact) mass is 357 g/mol. The number of aliphatic hydroxyl groups excluding tert-OH is 1. The third-order valence-corrected chi connectivity index (χ3v) is 4.76. The fourth-order valence-corrected chi connectivity index (χ4v) is 3.50. The predicted octanol–water partition coefficient (Wildman–Crippen LogP) is 2.06. The van der Waals surface area contributed by atoms with Gasteiger partial charge in [-0.25, -0.2) is 0 Å². The van der Waals surface area contributed by atoms with Crippen LogP contribution in [0.2, 0.25) is 0 Å². The summed E-state index contributed by atoms with van der Waals surface area (Å²) in [7, 11) is 0. The fourth-order valence-electron chi connectivity index (χ4n) is 2.47. The van der Waals surface area contributed by atoms with Crippen molar-refractivity contribution in [1.82, 2.24) is 15.6 Å². The number of aromatic nitrogens is 1. The van der Waals surface area contributed by atoms with Crippen LogP contribution in [0.25, 0.3) is 10.1 Å². The van der Waals surface area contributed by atoms with Gasteiger partial charge in [0.15, 0.2) is 0 Å². The molecule has 0 spiro atoms. The molecule has 7 heteroatoms. The molecule has 1 aromatic carbocycles. The second-order valence-corrected chi connectivity index (χ2v) is 6.72. The lowest BCUT2D eigenvalue weighted by atomic mass is 10.1. The highest BCUT2D eigenvalue weighted by Crippen LogP contribution is 2.26. The summed E-state index contributed by atoms with van der Waals surface area (Å²) in [5, 5.41) is 18.0. The highest BCUT2D eigenvalue weighted by molar-refractivity contribution is 7.17. The number of amides is 2. The molecule has 3 aromatic rings. The maximum absolute atomic E-state index is 12.3. The van der Waals surface area contributed by atoms with Crippen LogP contribution in [0.1, 0.15) is 26.4 Å². The summed E-state index contributed by atoms with van der Waals surface area (Å²) in [6.45, 7) is 2.13. The van der Waals surface area contributed by atoms with E-state index >= 15 is 0 Å². The third kappa shape index (κ3) is 4.07. The lowest BCUT2D eigenvalue weighted by Crippen LogP contribution is -2.40.